The van der Waals surface area contributed by atoms with E-state index in [-0.39, 0.29) is 5.41 Å². The van der Waals surface area contributed by atoms with E-state index in [4.69, 9.17) is 0 Å². The van der Waals surface area contributed by atoms with Crippen LogP contribution in [0.4, 0.5) is 0 Å². The topological polar surface area (TPSA) is 17.1 Å². The zero-order valence-electron chi connectivity index (χ0n) is 10.9. The first kappa shape index (κ1) is 12.3. The molecule has 0 saturated heterocycles. The quantitative estimate of drug-likeness (QED) is 0.763. The van der Waals surface area contributed by atoms with Crippen molar-refractivity contribution < 1.29 is 4.79 Å². The minimum atomic E-state index is -0.187. The molecule has 1 atom stereocenters. The number of benzene rings is 1. The predicted molar refractivity (Wildman–Crippen MR) is 71.1 cm³/mol. The summed E-state index contributed by atoms with van der Waals surface area (Å²) in [6, 6.07) is 10.4. The normalized spacial score (nSPS) is 25.2. The van der Waals surface area contributed by atoms with Crippen LogP contribution in [0.2, 0.25) is 0 Å². The summed E-state index contributed by atoms with van der Waals surface area (Å²) < 4.78 is 0. The maximum Gasteiger partial charge on any atom is 0.143 e. The highest BCUT2D eigenvalue weighted by atomic mass is 16.1. The van der Waals surface area contributed by atoms with Crippen LogP contribution in [0, 0.1) is 5.92 Å². The van der Waals surface area contributed by atoms with Crippen LogP contribution in [0.5, 0.6) is 0 Å². The summed E-state index contributed by atoms with van der Waals surface area (Å²) in [4.78, 5) is 12.5. The van der Waals surface area contributed by atoms with Gasteiger partial charge in [0.1, 0.15) is 5.78 Å². The molecule has 1 aromatic carbocycles. The van der Waals surface area contributed by atoms with E-state index in [0.29, 0.717) is 11.7 Å². The second-order valence-corrected chi connectivity index (χ2v) is 5.68. The maximum absolute atomic E-state index is 12.5. The number of carbonyl (C=O) groups excluding carboxylic acids is 1. The van der Waals surface area contributed by atoms with Gasteiger partial charge in [-0.1, -0.05) is 50.6 Å². The molecule has 1 saturated carbocycles. The van der Waals surface area contributed by atoms with Gasteiger partial charge < -0.3 is 0 Å². The van der Waals surface area contributed by atoms with Crippen molar-refractivity contribution in [3.8, 4) is 0 Å². The Morgan fingerprint density at radius 3 is 2.47 bits per heavy atom. The fraction of sp³-hybridized carbons (Fsp3) is 0.562. The van der Waals surface area contributed by atoms with Crippen LogP contribution >= 0.6 is 0 Å². The molecule has 0 heterocycles. The van der Waals surface area contributed by atoms with Crippen LogP contribution in [0.1, 0.15) is 51.5 Å². The smallest absolute Gasteiger partial charge is 0.143 e. The van der Waals surface area contributed by atoms with Crippen molar-refractivity contribution in [2.45, 2.75) is 51.4 Å². The highest BCUT2D eigenvalue weighted by molar-refractivity contribution is 5.90. The maximum atomic E-state index is 12.5. The summed E-state index contributed by atoms with van der Waals surface area (Å²) in [6.07, 6.45) is 5.06. The van der Waals surface area contributed by atoms with Gasteiger partial charge in [-0.25, -0.2) is 0 Å². The largest absolute Gasteiger partial charge is 0.299 e. The Labute approximate surface area is 104 Å². The average Bonchev–Trinajstić information content (AvgIpc) is 2.33. The summed E-state index contributed by atoms with van der Waals surface area (Å²) in [5, 5.41) is 0. The molecule has 0 N–H and O–H groups in total. The van der Waals surface area contributed by atoms with E-state index in [0.717, 1.165) is 25.7 Å². The van der Waals surface area contributed by atoms with Crippen LogP contribution < -0.4 is 0 Å². The van der Waals surface area contributed by atoms with E-state index in [9.17, 15) is 4.79 Å². The third-order valence-electron chi connectivity index (χ3n) is 3.87. The fourth-order valence-electron chi connectivity index (χ4n) is 3.18. The SMILES string of the molecule is CC(C)CC1(c2ccccc2)CCCCC1=O. The minimum Gasteiger partial charge on any atom is -0.299 e. The van der Waals surface area contributed by atoms with Gasteiger partial charge in [0.25, 0.3) is 0 Å². The van der Waals surface area contributed by atoms with Gasteiger partial charge in [0, 0.05) is 6.42 Å². The van der Waals surface area contributed by atoms with Gasteiger partial charge in [-0.05, 0) is 30.7 Å². The number of rotatable bonds is 3. The van der Waals surface area contributed by atoms with Crippen LogP contribution in [0.15, 0.2) is 30.3 Å². The lowest BCUT2D eigenvalue weighted by atomic mass is 9.64. The van der Waals surface area contributed by atoms with E-state index in [1.165, 1.54) is 12.0 Å². The summed E-state index contributed by atoms with van der Waals surface area (Å²) >= 11 is 0. The molecule has 1 fully saturated rings. The van der Waals surface area contributed by atoms with Gasteiger partial charge in [-0.15, -0.1) is 0 Å². The Kier molecular flexibility index (Phi) is 3.66. The van der Waals surface area contributed by atoms with Crippen molar-refractivity contribution in [2.75, 3.05) is 0 Å². The Morgan fingerprint density at radius 2 is 1.88 bits per heavy atom. The molecule has 0 amide bonds. The van der Waals surface area contributed by atoms with Crippen LogP contribution in [-0.4, -0.2) is 5.78 Å². The first-order chi connectivity index (χ1) is 8.15. The summed E-state index contributed by atoms with van der Waals surface area (Å²) in [5.74, 6) is 1.03. The van der Waals surface area contributed by atoms with Gasteiger partial charge in [0.2, 0.25) is 0 Å². The summed E-state index contributed by atoms with van der Waals surface area (Å²) in [5.41, 5.74) is 1.05. The Morgan fingerprint density at radius 1 is 1.18 bits per heavy atom. The molecule has 0 aromatic heterocycles. The number of hydrogen-bond acceptors (Lipinski definition) is 1. The lowest BCUT2D eigenvalue weighted by Crippen LogP contribution is -2.39. The first-order valence-corrected chi connectivity index (χ1v) is 6.74. The van der Waals surface area contributed by atoms with E-state index in [1.54, 1.807) is 0 Å². The monoisotopic (exact) mass is 230 g/mol. The highest BCUT2D eigenvalue weighted by Crippen LogP contribution is 2.41. The van der Waals surface area contributed by atoms with E-state index in [2.05, 4.69) is 38.1 Å². The summed E-state index contributed by atoms with van der Waals surface area (Å²) in [6.45, 7) is 4.43. The number of ketones is 1. The molecule has 1 aliphatic carbocycles. The number of Topliss-reactive ketones (excluding diaryl/α,β-unsaturated/α-hetero) is 1. The average molecular weight is 230 g/mol. The van der Waals surface area contributed by atoms with Crippen LogP contribution in [0.3, 0.4) is 0 Å². The zero-order chi connectivity index (χ0) is 12.3. The standard InChI is InChI=1S/C16H22O/c1-13(2)12-16(11-7-6-10-15(16)17)14-8-4-3-5-9-14/h3-5,8-9,13H,6-7,10-12H2,1-2H3. The first-order valence-electron chi connectivity index (χ1n) is 6.74. The predicted octanol–water partition coefficient (Wildman–Crippen LogP) is 4.11. The molecule has 1 nitrogen and oxygen atoms in total. The van der Waals surface area contributed by atoms with Crippen LogP contribution in [-0.2, 0) is 10.2 Å². The lowest BCUT2D eigenvalue weighted by molar-refractivity contribution is -0.127. The van der Waals surface area contributed by atoms with Crippen molar-refractivity contribution in [3.05, 3.63) is 35.9 Å². The molecule has 2 rings (SSSR count). The van der Waals surface area contributed by atoms with Gasteiger partial charge in [0.05, 0.1) is 5.41 Å². The fourth-order valence-corrected chi connectivity index (χ4v) is 3.18. The molecule has 92 valence electrons. The molecule has 1 unspecified atom stereocenters. The molecule has 0 radical (unpaired) electrons. The van der Waals surface area contributed by atoms with Crippen molar-refractivity contribution in [1.82, 2.24) is 0 Å². The second-order valence-electron chi connectivity index (χ2n) is 5.68. The third-order valence-corrected chi connectivity index (χ3v) is 3.87. The van der Waals surface area contributed by atoms with Crippen molar-refractivity contribution in [2.24, 2.45) is 5.92 Å². The zero-order valence-corrected chi connectivity index (χ0v) is 10.9. The third kappa shape index (κ3) is 2.43. The van der Waals surface area contributed by atoms with Crippen molar-refractivity contribution in [3.63, 3.8) is 0 Å². The van der Waals surface area contributed by atoms with E-state index in [1.807, 2.05) is 6.07 Å². The number of hydrogen-bond donors (Lipinski definition) is 0. The van der Waals surface area contributed by atoms with Gasteiger partial charge in [0.15, 0.2) is 0 Å². The Bertz CT molecular complexity index is 380. The van der Waals surface area contributed by atoms with E-state index >= 15 is 0 Å². The number of carbonyl (C=O) groups is 1. The Balaban J connectivity index is 2.39. The van der Waals surface area contributed by atoms with E-state index < -0.39 is 0 Å². The minimum absolute atomic E-state index is 0.187. The summed E-state index contributed by atoms with van der Waals surface area (Å²) in [7, 11) is 0. The van der Waals surface area contributed by atoms with Gasteiger partial charge in [-0.3, -0.25) is 4.79 Å². The highest BCUT2D eigenvalue weighted by Gasteiger charge is 2.41. The molecular weight excluding hydrogens is 208 g/mol. The molecule has 1 aromatic rings. The lowest BCUT2D eigenvalue weighted by Gasteiger charge is -2.37. The van der Waals surface area contributed by atoms with Crippen molar-refractivity contribution >= 4 is 5.78 Å². The Hall–Kier alpha value is -1.11. The van der Waals surface area contributed by atoms with Crippen LogP contribution in [0.25, 0.3) is 0 Å². The molecule has 0 aliphatic heterocycles. The molecule has 0 spiro atoms. The molecular formula is C16H22O. The molecule has 1 heteroatoms. The second kappa shape index (κ2) is 5.03. The van der Waals surface area contributed by atoms with Gasteiger partial charge in [-0.2, -0.15) is 0 Å². The molecule has 0 bridgehead atoms. The molecule has 17 heavy (non-hydrogen) atoms. The van der Waals surface area contributed by atoms with Crippen molar-refractivity contribution in [1.29, 1.82) is 0 Å². The molecule has 1 aliphatic rings. The van der Waals surface area contributed by atoms with Gasteiger partial charge >= 0.3 is 0 Å².